The summed E-state index contributed by atoms with van der Waals surface area (Å²) in [6, 6.07) is 6.07. The van der Waals surface area contributed by atoms with E-state index in [1.54, 1.807) is 0 Å². The molecule has 0 aliphatic heterocycles. The second kappa shape index (κ2) is 5.53. The Kier molecular flexibility index (Phi) is 4.30. The summed E-state index contributed by atoms with van der Waals surface area (Å²) < 4.78 is 4.11. The molecule has 0 saturated carbocycles. The molecular weight excluding hydrogens is 382 g/mol. The topological polar surface area (TPSA) is 43.8 Å². The molecule has 0 fully saturated rings. The average molecular weight is 401 g/mol. The minimum Gasteiger partial charge on any atom is -0.383 e. The maximum Gasteiger partial charge on any atom is 0.131 e. The number of hydrogen-bond donors (Lipinski definition) is 1. The molecule has 3 nitrogen and oxygen atoms in total. The number of halogens is 2. The molecule has 0 aliphatic carbocycles. The second-order valence-corrected chi connectivity index (χ2v) is 7.50. The molecule has 2 aromatic rings. The molecule has 0 amide bonds. The molecule has 0 bridgehead atoms. The quantitative estimate of drug-likeness (QED) is 0.772. The van der Waals surface area contributed by atoms with Gasteiger partial charge in [0.15, 0.2) is 0 Å². The second-order valence-electron chi connectivity index (χ2n) is 5.79. The maximum atomic E-state index is 6.30. The summed E-state index contributed by atoms with van der Waals surface area (Å²) in [6.07, 6.45) is 0. The van der Waals surface area contributed by atoms with Crippen molar-refractivity contribution < 1.29 is 0 Å². The number of aromatic nitrogens is 2. The van der Waals surface area contributed by atoms with E-state index < -0.39 is 0 Å². The van der Waals surface area contributed by atoms with Gasteiger partial charge in [-0.1, -0.05) is 26.8 Å². The predicted molar refractivity (Wildman–Crippen MR) is 91.8 cm³/mol. The van der Waals surface area contributed by atoms with Gasteiger partial charge in [0, 0.05) is 26.5 Å². The van der Waals surface area contributed by atoms with Crippen LogP contribution in [0.15, 0.2) is 27.1 Å². The van der Waals surface area contributed by atoms with E-state index in [2.05, 4.69) is 64.1 Å². The molecule has 0 saturated heterocycles. The van der Waals surface area contributed by atoms with Crippen molar-refractivity contribution in [1.29, 1.82) is 0 Å². The van der Waals surface area contributed by atoms with E-state index >= 15 is 0 Å². The lowest BCUT2D eigenvalue weighted by Crippen LogP contribution is -2.19. The van der Waals surface area contributed by atoms with Crippen molar-refractivity contribution in [3.8, 4) is 11.3 Å². The fourth-order valence-electron chi connectivity index (χ4n) is 2.21. The number of nitrogens with zero attached hydrogens (tertiary/aromatic N) is 2. The van der Waals surface area contributed by atoms with Crippen molar-refractivity contribution >= 4 is 37.7 Å². The third kappa shape index (κ3) is 2.79. The fraction of sp³-hybridized carbons (Fsp3) is 0.400. The Balaban J connectivity index is 2.63. The first-order valence-electron chi connectivity index (χ1n) is 6.57. The number of nitrogen functional groups attached to an aromatic ring is 1. The van der Waals surface area contributed by atoms with Crippen LogP contribution in [-0.2, 0) is 12.0 Å². The summed E-state index contributed by atoms with van der Waals surface area (Å²) in [4.78, 5) is 4.79. The van der Waals surface area contributed by atoms with E-state index in [9.17, 15) is 0 Å². The zero-order valence-electron chi connectivity index (χ0n) is 12.2. The Hall–Kier alpha value is -0.810. The smallest absolute Gasteiger partial charge is 0.131 e. The lowest BCUT2D eigenvalue weighted by Gasteiger charge is -2.19. The normalized spacial score (nSPS) is 11.9. The van der Waals surface area contributed by atoms with Gasteiger partial charge in [0.2, 0.25) is 0 Å². The van der Waals surface area contributed by atoms with Crippen LogP contribution in [0.3, 0.4) is 0 Å². The van der Waals surface area contributed by atoms with Crippen LogP contribution in [0.5, 0.6) is 0 Å². The number of rotatable bonds is 2. The third-order valence-corrected chi connectivity index (χ3v) is 5.07. The lowest BCUT2D eigenvalue weighted by atomic mass is 9.95. The minimum absolute atomic E-state index is 0.0328. The number of benzene rings is 1. The van der Waals surface area contributed by atoms with Crippen molar-refractivity contribution in [2.45, 2.75) is 39.7 Å². The highest BCUT2D eigenvalue weighted by Crippen LogP contribution is 2.34. The first-order chi connectivity index (χ1) is 9.25. The summed E-state index contributed by atoms with van der Waals surface area (Å²) in [5, 5.41) is 0. The van der Waals surface area contributed by atoms with E-state index in [1.807, 2.05) is 18.2 Å². The highest BCUT2D eigenvalue weighted by Gasteiger charge is 2.24. The van der Waals surface area contributed by atoms with Crippen LogP contribution >= 0.6 is 31.9 Å². The van der Waals surface area contributed by atoms with E-state index in [4.69, 9.17) is 10.7 Å². The van der Waals surface area contributed by atoms with Crippen molar-refractivity contribution in [3.05, 3.63) is 33.0 Å². The number of hydrogen-bond acceptors (Lipinski definition) is 2. The van der Waals surface area contributed by atoms with Crippen LogP contribution in [-0.4, -0.2) is 9.55 Å². The Morgan fingerprint density at radius 1 is 1.20 bits per heavy atom. The van der Waals surface area contributed by atoms with Gasteiger partial charge < -0.3 is 10.3 Å². The maximum absolute atomic E-state index is 6.30. The van der Waals surface area contributed by atoms with E-state index in [1.165, 1.54) is 0 Å². The molecule has 1 heterocycles. The molecule has 1 aromatic heterocycles. The zero-order chi connectivity index (χ0) is 15.1. The molecule has 108 valence electrons. The fourth-order valence-corrected chi connectivity index (χ4v) is 2.84. The van der Waals surface area contributed by atoms with Gasteiger partial charge in [0.1, 0.15) is 17.3 Å². The van der Waals surface area contributed by atoms with Gasteiger partial charge in [-0.15, -0.1) is 0 Å². The van der Waals surface area contributed by atoms with Gasteiger partial charge >= 0.3 is 0 Å². The standard InChI is InChI=1S/C15H19Br2N3/c1-5-20-13(18)12(19-14(20)15(2,3)4)9-6-7-10(16)11(17)8-9/h6-8H,5,18H2,1-4H3. The van der Waals surface area contributed by atoms with E-state index in [-0.39, 0.29) is 5.41 Å². The highest BCUT2D eigenvalue weighted by molar-refractivity contribution is 9.13. The van der Waals surface area contributed by atoms with Crippen molar-refractivity contribution in [2.75, 3.05) is 5.73 Å². The van der Waals surface area contributed by atoms with Crippen LogP contribution in [0.1, 0.15) is 33.5 Å². The molecule has 0 aliphatic rings. The Morgan fingerprint density at radius 3 is 2.30 bits per heavy atom. The number of nitrogens with two attached hydrogens (primary N) is 1. The van der Waals surface area contributed by atoms with Crippen LogP contribution in [0.2, 0.25) is 0 Å². The molecule has 0 radical (unpaired) electrons. The Labute approximate surface area is 136 Å². The van der Waals surface area contributed by atoms with E-state index in [0.29, 0.717) is 0 Å². The van der Waals surface area contributed by atoms with Gasteiger partial charge in [0.25, 0.3) is 0 Å². The average Bonchev–Trinajstić information content (AvgIpc) is 2.69. The largest absolute Gasteiger partial charge is 0.383 e. The number of anilines is 1. The highest BCUT2D eigenvalue weighted by atomic mass is 79.9. The minimum atomic E-state index is -0.0328. The lowest BCUT2D eigenvalue weighted by molar-refractivity contribution is 0.509. The molecule has 5 heteroatoms. The monoisotopic (exact) mass is 399 g/mol. The van der Waals surface area contributed by atoms with Gasteiger partial charge in [-0.05, 0) is 50.9 Å². The van der Waals surface area contributed by atoms with Crippen LogP contribution in [0.4, 0.5) is 5.82 Å². The summed E-state index contributed by atoms with van der Waals surface area (Å²) in [5.74, 6) is 1.75. The van der Waals surface area contributed by atoms with Gasteiger partial charge in [-0.2, -0.15) is 0 Å². The molecule has 0 spiro atoms. The van der Waals surface area contributed by atoms with Crippen LogP contribution < -0.4 is 5.73 Å². The summed E-state index contributed by atoms with van der Waals surface area (Å²) >= 11 is 7.01. The first-order valence-corrected chi connectivity index (χ1v) is 8.16. The van der Waals surface area contributed by atoms with Crippen LogP contribution in [0.25, 0.3) is 11.3 Å². The van der Waals surface area contributed by atoms with Gasteiger partial charge in [-0.25, -0.2) is 4.98 Å². The summed E-state index contributed by atoms with van der Waals surface area (Å²) in [6.45, 7) is 9.38. The van der Waals surface area contributed by atoms with Gasteiger partial charge in [0.05, 0.1) is 0 Å². The molecule has 2 N–H and O–H groups in total. The van der Waals surface area contributed by atoms with Crippen molar-refractivity contribution in [1.82, 2.24) is 9.55 Å². The summed E-state index contributed by atoms with van der Waals surface area (Å²) in [7, 11) is 0. The first kappa shape index (κ1) is 15.6. The summed E-state index contributed by atoms with van der Waals surface area (Å²) in [5.41, 5.74) is 8.15. The van der Waals surface area contributed by atoms with Crippen molar-refractivity contribution in [2.24, 2.45) is 0 Å². The molecule has 20 heavy (non-hydrogen) atoms. The van der Waals surface area contributed by atoms with Crippen molar-refractivity contribution in [3.63, 3.8) is 0 Å². The van der Waals surface area contributed by atoms with Crippen LogP contribution in [0, 0.1) is 0 Å². The SMILES string of the molecule is CCn1c(C(C)(C)C)nc(-c2ccc(Br)c(Br)c2)c1N. The zero-order valence-corrected chi connectivity index (χ0v) is 15.3. The van der Waals surface area contributed by atoms with E-state index in [0.717, 1.165) is 38.4 Å². The third-order valence-electron chi connectivity index (χ3n) is 3.19. The Bertz CT molecular complexity index is 639. The molecular formula is C15H19Br2N3. The number of imidazole rings is 1. The Morgan fingerprint density at radius 2 is 1.85 bits per heavy atom. The molecule has 2 rings (SSSR count). The molecule has 0 unspecified atom stereocenters. The molecule has 0 atom stereocenters. The molecule has 1 aromatic carbocycles. The predicted octanol–water partition coefficient (Wildman–Crippen LogP) is 4.97. The van der Waals surface area contributed by atoms with Gasteiger partial charge in [-0.3, -0.25) is 0 Å².